The number of fused-ring (bicyclic) bond motifs is 2. The van der Waals surface area contributed by atoms with Crippen LogP contribution in [-0.2, 0) is 4.74 Å². The SMILES string of the molecule is COc1ccccc1-c1cc(N2CC3CCC(C2)N3c2ccnc(C#CC3CCN(C(=O)OC(C)(C)C)CC3)c2)c(N)nn1. The Kier molecular flexibility index (Phi) is 8.21. The number of amides is 1. The third-order valence-corrected chi connectivity index (χ3v) is 8.60. The molecule has 2 bridgehead atoms. The number of methoxy groups -OCH3 is 1. The molecule has 3 aliphatic rings. The van der Waals surface area contributed by atoms with Crippen LogP contribution in [0.25, 0.3) is 11.3 Å². The molecule has 3 aromatic rings. The topological polar surface area (TPSA) is 110 Å². The third-order valence-electron chi connectivity index (χ3n) is 8.60. The van der Waals surface area contributed by atoms with Crippen LogP contribution in [0.2, 0.25) is 0 Å². The van der Waals surface area contributed by atoms with Crippen LogP contribution in [-0.4, -0.2) is 77.1 Å². The van der Waals surface area contributed by atoms with Crippen molar-refractivity contribution in [1.29, 1.82) is 0 Å². The normalized spacial score (nSPS) is 20.2. The molecular weight excluding hydrogens is 554 g/mol. The van der Waals surface area contributed by atoms with Crippen molar-refractivity contribution in [1.82, 2.24) is 20.1 Å². The largest absolute Gasteiger partial charge is 0.496 e. The molecule has 2 atom stereocenters. The number of pyridine rings is 1. The minimum absolute atomic E-state index is 0.235. The van der Waals surface area contributed by atoms with Gasteiger partial charge >= 0.3 is 6.09 Å². The summed E-state index contributed by atoms with van der Waals surface area (Å²) < 4.78 is 11.1. The van der Waals surface area contributed by atoms with Crippen molar-refractivity contribution in [2.45, 2.75) is 64.1 Å². The molecule has 3 fully saturated rings. The predicted octanol–water partition coefficient (Wildman–Crippen LogP) is 4.99. The van der Waals surface area contributed by atoms with E-state index in [0.29, 0.717) is 31.0 Å². The van der Waals surface area contributed by atoms with Gasteiger partial charge in [-0.1, -0.05) is 18.1 Å². The van der Waals surface area contributed by atoms with E-state index in [1.165, 1.54) is 0 Å². The number of nitrogens with zero attached hydrogens (tertiary/aromatic N) is 6. The summed E-state index contributed by atoms with van der Waals surface area (Å²) in [5.74, 6) is 8.18. The zero-order valence-electron chi connectivity index (χ0n) is 26.0. The first kappa shape index (κ1) is 29.5. The highest BCUT2D eigenvalue weighted by molar-refractivity contribution is 5.75. The highest BCUT2D eigenvalue weighted by Crippen LogP contribution is 2.39. The number of nitrogens with two attached hydrogens (primary N) is 1. The van der Waals surface area contributed by atoms with Gasteiger partial charge in [-0.25, -0.2) is 9.78 Å². The number of aromatic nitrogens is 3. The zero-order valence-corrected chi connectivity index (χ0v) is 26.0. The zero-order chi connectivity index (χ0) is 30.8. The maximum atomic E-state index is 12.4. The van der Waals surface area contributed by atoms with Crippen molar-refractivity contribution in [3.05, 3.63) is 54.4 Å². The van der Waals surface area contributed by atoms with Gasteiger partial charge in [0.25, 0.3) is 0 Å². The number of anilines is 3. The van der Waals surface area contributed by atoms with Crippen molar-refractivity contribution in [2.24, 2.45) is 5.92 Å². The second-order valence-electron chi connectivity index (χ2n) is 12.8. The smallest absolute Gasteiger partial charge is 0.410 e. The molecule has 1 aromatic carbocycles. The number of piperazine rings is 1. The van der Waals surface area contributed by atoms with Crippen LogP contribution in [0.3, 0.4) is 0 Å². The van der Waals surface area contributed by atoms with Crippen molar-refractivity contribution in [2.75, 3.05) is 48.8 Å². The van der Waals surface area contributed by atoms with Crippen molar-refractivity contribution in [3.8, 4) is 28.8 Å². The minimum Gasteiger partial charge on any atom is -0.496 e. The van der Waals surface area contributed by atoms with E-state index in [-0.39, 0.29) is 12.0 Å². The van der Waals surface area contributed by atoms with Crippen molar-refractivity contribution in [3.63, 3.8) is 0 Å². The lowest BCUT2D eigenvalue weighted by molar-refractivity contribution is 0.0199. The molecule has 0 spiro atoms. The number of rotatable bonds is 4. The first-order valence-electron chi connectivity index (χ1n) is 15.4. The van der Waals surface area contributed by atoms with E-state index < -0.39 is 5.60 Å². The van der Waals surface area contributed by atoms with Gasteiger partial charge in [-0.05, 0) is 82.7 Å². The van der Waals surface area contributed by atoms with Crippen molar-refractivity contribution < 1.29 is 14.3 Å². The van der Waals surface area contributed by atoms with Crippen LogP contribution in [0.4, 0.5) is 22.0 Å². The molecule has 10 nitrogen and oxygen atoms in total. The van der Waals surface area contributed by atoms with Crippen LogP contribution >= 0.6 is 0 Å². The summed E-state index contributed by atoms with van der Waals surface area (Å²) in [5, 5.41) is 8.70. The lowest BCUT2D eigenvalue weighted by Gasteiger charge is -2.43. The Morgan fingerprint density at radius 2 is 1.73 bits per heavy atom. The number of benzene rings is 1. The van der Waals surface area contributed by atoms with Gasteiger partial charge in [0.2, 0.25) is 0 Å². The van der Waals surface area contributed by atoms with Gasteiger partial charge in [-0.3, -0.25) is 0 Å². The Labute approximate surface area is 259 Å². The molecular formula is C34H41N7O3. The molecule has 1 amide bonds. The van der Waals surface area contributed by atoms with Crippen LogP contribution in [0.5, 0.6) is 5.75 Å². The molecule has 2 aromatic heterocycles. The molecule has 3 aliphatic heterocycles. The number of likely N-dealkylation sites (tertiary alicyclic amines) is 1. The highest BCUT2D eigenvalue weighted by atomic mass is 16.6. The first-order chi connectivity index (χ1) is 21.2. The quantitative estimate of drug-likeness (QED) is 0.418. The maximum Gasteiger partial charge on any atom is 0.410 e. The Hall–Kier alpha value is -4.52. The standard InChI is InChI=1S/C34H41N7O3/c1-34(2,3)44-33(42)39-17-14-23(15-18-39)9-10-24-19-25(13-16-36-24)41-26-11-12-27(41)22-40(21-26)30-20-29(37-38-32(30)35)28-7-5-6-8-31(28)43-4/h5-8,13,16,19-20,23,26-27H,11-12,14-15,17-18,21-22H2,1-4H3,(H2,35,38). The van der Waals surface area contributed by atoms with Crippen LogP contribution in [0, 0.1) is 17.8 Å². The summed E-state index contributed by atoms with van der Waals surface area (Å²) >= 11 is 0. The second kappa shape index (κ2) is 12.2. The van der Waals surface area contributed by atoms with Crippen molar-refractivity contribution >= 4 is 23.3 Å². The molecule has 3 saturated heterocycles. The van der Waals surface area contributed by atoms with Gasteiger partial charge in [0.15, 0.2) is 5.82 Å². The Morgan fingerprint density at radius 3 is 2.43 bits per heavy atom. The van der Waals surface area contributed by atoms with E-state index in [1.54, 1.807) is 12.0 Å². The van der Waals surface area contributed by atoms with E-state index in [2.05, 4.69) is 49.0 Å². The van der Waals surface area contributed by atoms with E-state index in [1.807, 2.05) is 57.3 Å². The van der Waals surface area contributed by atoms with Gasteiger partial charge < -0.3 is 29.9 Å². The van der Waals surface area contributed by atoms with Gasteiger partial charge in [0.1, 0.15) is 17.0 Å². The fraction of sp³-hybridized carbons (Fsp3) is 0.471. The fourth-order valence-corrected chi connectivity index (χ4v) is 6.51. The molecule has 2 N–H and O–H groups in total. The monoisotopic (exact) mass is 595 g/mol. The molecule has 44 heavy (non-hydrogen) atoms. The number of para-hydroxylation sites is 1. The number of piperidine rings is 1. The lowest BCUT2D eigenvalue weighted by atomic mass is 9.97. The number of hydrogen-bond acceptors (Lipinski definition) is 9. The molecule has 5 heterocycles. The molecule has 10 heteroatoms. The van der Waals surface area contributed by atoms with Gasteiger partial charge in [-0.15, -0.1) is 10.2 Å². The lowest BCUT2D eigenvalue weighted by Crippen LogP contribution is -2.54. The number of carbonyl (C=O) groups excluding carboxylic acids is 1. The average molecular weight is 596 g/mol. The fourth-order valence-electron chi connectivity index (χ4n) is 6.51. The predicted molar refractivity (Wildman–Crippen MR) is 172 cm³/mol. The third kappa shape index (κ3) is 6.37. The molecule has 0 aliphatic carbocycles. The van der Waals surface area contributed by atoms with Gasteiger partial charge in [-0.2, -0.15) is 0 Å². The summed E-state index contributed by atoms with van der Waals surface area (Å²) in [5.41, 5.74) is 10.4. The molecule has 230 valence electrons. The minimum atomic E-state index is -0.485. The molecule has 0 saturated carbocycles. The van der Waals surface area contributed by atoms with Crippen LogP contribution in [0.1, 0.15) is 52.1 Å². The van der Waals surface area contributed by atoms with E-state index in [4.69, 9.17) is 15.2 Å². The molecule has 6 rings (SSSR count). The Bertz CT molecular complexity index is 1550. The first-order valence-corrected chi connectivity index (χ1v) is 15.4. The summed E-state index contributed by atoms with van der Waals surface area (Å²) in [6.07, 6.45) is 5.51. The van der Waals surface area contributed by atoms with E-state index in [9.17, 15) is 4.79 Å². The molecule has 2 unspecified atom stereocenters. The summed E-state index contributed by atoms with van der Waals surface area (Å²) in [6.45, 7) is 8.69. The second-order valence-corrected chi connectivity index (χ2v) is 12.8. The number of nitrogen functional groups attached to an aromatic ring is 1. The number of hydrogen-bond donors (Lipinski definition) is 1. The average Bonchev–Trinajstić information content (AvgIpc) is 3.28. The Morgan fingerprint density at radius 1 is 1.00 bits per heavy atom. The Balaban J connectivity index is 1.12. The van der Waals surface area contributed by atoms with Crippen LogP contribution < -0.4 is 20.3 Å². The number of carbonyl (C=O) groups is 1. The van der Waals surface area contributed by atoms with Gasteiger partial charge in [0, 0.05) is 61.6 Å². The van der Waals surface area contributed by atoms with Gasteiger partial charge in [0.05, 0.1) is 18.5 Å². The van der Waals surface area contributed by atoms with E-state index in [0.717, 1.165) is 72.8 Å². The maximum absolute atomic E-state index is 12.4. The summed E-state index contributed by atoms with van der Waals surface area (Å²) in [7, 11) is 1.66. The summed E-state index contributed by atoms with van der Waals surface area (Å²) in [4.78, 5) is 23.6. The molecule has 0 radical (unpaired) electrons. The van der Waals surface area contributed by atoms with E-state index >= 15 is 0 Å². The highest BCUT2D eigenvalue weighted by Gasteiger charge is 2.41. The number of ether oxygens (including phenoxy) is 2. The summed E-state index contributed by atoms with van der Waals surface area (Å²) in [6, 6.07) is 14.8. The van der Waals surface area contributed by atoms with Crippen LogP contribution in [0.15, 0.2) is 48.7 Å².